The van der Waals surface area contributed by atoms with E-state index in [0.717, 1.165) is 38.5 Å². The van der Waals surface area contributed by atoms with Crippen molar-refractivity contribution in [1.29, 1.82) is 0 Å². The molecule has 1 unspecified atom stereocenters. The number of amides is 1. The van der Waals surface area contributed by atoms with Crippen molar-refractivity contribution < 1.29 is 38.1 Å². The Balaban J connectivity index is 2.51. The fraction of sp³-hybridized carbons (Fsp3) is 0.875. The zero-order chi connectivity index (χ0) is 30.5. The highest BCUT2D eigenvalue weighted by molar-refractivity contribution is 5.76. The lowest BCUT2D eigenvalue weighted by atomic mass is 9.97. The highest BCUT2D eigenvalue weighted by Gasteiger charge is 2.36. The van der Waals surface area contributed by atoms with Crippen molar-refractivity contribution in [3.05, 3.63) is 0 Å². The number of carbonyl (C=O) groups is 4. The fourth-order valence-electron chi connectivity index (χ4n) is 4.60. The van der Waals surface area contributed by atoms with Crippen LogP contribution >= 0.6 is 0 Å². The normalized spacial score (nSPS) is 14.9. The number of unbranched alkanes of at least 4 members (excludes halogenated alkanes) is 10. The summed E-state index contributed by atoms with van der Waals surface area (Å²) >= 11 is 0. The molecule has 9 nitrogen and oxygen atoms in total. The maximum absolute atomic E-state index is 12.7. The van der Waals surface area contributed by atoms with Crippen LogP contribution in [0.2, 0.25) is 0 Å². The van der Waals surface area contributed by atoms with Gasteiger partial charge in [0, 0.05) is 25.8 Å². The number of nitrogens with zero attached hydrogens (tertiary/aromatic N) is 1. The lowest BCUT2D eigenvalue weighted by Gasteiger charge is -2.40. The zero-order valence-corrected chi connectivity index (χ0v) is 26.5. The number of esters is 3. The quantitative estimate of drug-likeness (QED) is 0.0752. The Morgan fingerprint density at radius 1 is 0.683 bits per heavy atom. The van der Waals surface area contributed by atoms with Gasteiger partial charge in [-0.3, -0.25) is 14.4 Å². The molecule has 0 bridgehead atoms. The first-order valence-corrected chi connectivity index (χ1v) is 16.0. The Labute approximate surface area is 248 Å². The minimum Gasteiger partial charge on any atom is -0.466 e. The maximum Gasteiger partial charge on any atom is 0.410 e. The van der Waals surface area contributed by atoms with Crippen LogP contribution < -0.4 is 0 Å². The summed E-state index contributed by atoms with van der Waals surface area (Å²) in [5, 5.41) is 0. The highest BCUT2D eigenvalue weighted by atomic mass is 16.6. The third-order valence-corrected chi connectivity index (χ3v) is 7.10. The van der Waals surface area contributed by atoms with Gasteiger partial charge < -0.3 is 23.8 Å². The molecule has 1 fully saturated rings. The lowest BCUT2D eigenvalue weighted by molar-refractivity contribution is -0.151. The number of likely N-dealkylation sites (tertiary alicyclic amines) is 1. The van der Waals surface area contributed by atoms with Gasteiger partial charge in [0.05, 0.1) is 19.3 Å². The molecule has 0 radical (unpaired) electrons. The Hall–Kier alpha value is -2.32. The molecule has 1 aliphatic rings. The Kier molecular flexibility index (Phi) is 19.2. The molecule has 0 spiro atoms. The first-order valence-electron chi connectivity index (χ1n) is 16.0. The molecule has 1 aliphatic heterocycles. The minimum atomic E-state index is -0.603. The van der Waals surface area contributed by atoms with E-state index in [2.05, 4.69) is 13.8 Å². The predicted molar refractivity (Wildman–Crippen MR) is 158 cm³/mol. The van der Waals surface area contributed by atoms with E-state index in [1.165, 1.54) is 38.5 Å². The smallest absolute Gasteiger partial charge is 0.410 e. The molecule has 1 atom stereocenters. The zero-order valence-electron chi connectivity index (χ0n) is 26.5. The van der Waals surface area contributed by atoms with E-state index in [1.54, 1.807) is 25.7 Å². The van der Waals surface area contributed by atoms with E-state index in [9.17, 15) is 19.2 Å². The second-order valence-corrected chi connectivity index (χ2v) is 12.3. The summed E-state index contributed by atoms with van der Waals surface area (Å²) in [7, 11) is 0. The van der Waals surface area contributed by atoms with Crippen LogP contribution in [0.3, 0.4) is 0 Å². The summed E-state index contributed by atoms with van der Waals surface area (Å²) in [6.45, 7) is 11.0. The molecule has 0 aromatic heterocycles. The van der Waals surface area contributed by atoms with Gasteiger partial charge in [0.25, 0.3) is 0 Å². The van der Waals surface area contributed by atoms with E-state index < -0.39 is 35.5 Å². The van der Waals surface area contributed by atoms with Gasteiger partial charge in [-0.2, -0.15) is 0 Å². The first kappa shape index (κ1) is 36.7. The van der Waals surface area contributed by atoms with Crippen LogP contribution in [0.5, 0.6) is 0 Å². The van der Waals surface area contributed by atoms with Gasteiger partial charge in [-0.25, -0.2) is 4.79 Å². The van der Waals surface area contributed by atoms with Crippen molar-refractivity contribution in [1.82, 2.24) is 4.90 Å². The van der Waals surface area contributed by atoms with Gasteiger partial charge in [-0.05, 0) is 46.0 Å². The molecule has 0 N–H and O–H groups in total. The van der Waals surface area contributed by atoms with E-state index in [4.69, 9.17) is 18.9 Å². The summed E-state index contributed by atoms with van der Waals surface area (Å²) in [4.78, 5) is 51.6. The average molecular weight is 584 g/mol. The van der Waals surface area contributed by atoms with Crippen LogP contribution in [0.25, 0.3) is 0 Å². The van der Waals surface area contributed by atoms with E-state index in [-0.39, 0.29) is 31.9 Å². The van der Waals surface area contributed by atoms with Gasteiger partial charge in [-0.15, -0.1) is 0 Å². The molecule has 9 heteroatoms. The van der Waals surface area contributed by atoms with Crippen molar-refractivity contribution >= 4 is 24.0 Å². The van der Waals surface area contributed by atoms with Crippen molar-refractivity contribution in [2.45, 2.75) is 149 Å². The van der Waals surface area contributed by atoms with E-state index >= 15 is 0 Å². The Morgan fingerprint density at radius 3 is 1.54 bits per heavy atom. The third-order valence-electron chi connectivity index (χ3n) is 7.10. The number of carbonyl (C=O) groups excluding carboxylic acids is 4. The summed E-state index contributed by atoms with van der Waals surface area (Å²) in [6.07, 6.45) is 13.1. The van der Waals surface area contributed by atoms with Gasteiger partial charge in [0.1, 0.15) is 12.2 Å². The molecular weight excluding hydrogens is 526 g/mol. The third kappa shape index (κ3) is 18.7. The molecule has 0 aromatic rings. The fourth-order valence-corrected chi connectivity index (χ4v) is 4.60. The molecule has 1 amide bonds. The van der Waals surface area contributed by atoms with Crippen molar-refractivity contribution in [3.8, 4) is 0 Å². The SMILES string of the molecule is CCCCCCCCOC(=O)CC(CC(=O)OCCCCCCCC)CC(=O)OCC1CCN1C(=O)OC(C)(C)C. The van der Waals surface area contributed by atoms with Gasteiger partial charge in [0.2, 0.25) is 0 Å². The van der Waals surface area contributed by atoms with Crippen LogP contribution in [0.1, 0.15) is 137 Å². The second-order valence-electron chi connectivity index (χ2n) is 12.3. The first-order chi connectivity index (χ1) is 19.6. The highest BCUT2D eigenvalue weighted by Crippen LogP contribution is 2.23. The summed E-state index contributed by atoms with van der Waals surface area (Å²) in [5.74, 6) is -1.93. The summed E-state index contributed by atoms with van der Waals surface area (Å²) < 4.78 is 21.6. The van der Waals surface area contributed by atoms with E-state index in [1.807, 2.05) is 0 Å². The van der Waals surface area contributed by atoms with Crippen molar-refractivity contribution in [2.24, 2.45) is 5.92 Å². The topological polar surface area (TPSA) is 108 Å². The molecule has 1 saturated heterocycles. The Bertz CT molecular complexity index is 731. The molecule has 0 saturated carbocycles. The lowest BCUT2D eigenvalue weighted by Crippen LogP contribution is -2.54. The number of hydrogen-bond acceptors (Lipinski definition) is 8. The molecule has 41 heavy (non-hydrogen) atoms. The predicted octanol–water partition coefficient (Wildman–Crippen LogP) is 7.13. The second kappa shape index (κ2) is 21.4. The average Bonchev–Trinajstić information content (AvgIpc) is 2.85. The maximum atomic E-state index is 12.7. The van der Waals surface area contributed by atoms with Crippen LogP contribution in [0.15, 0.2) is 0 Å². The molecule has 0 aliphatic carbocycles. The molecule has 238 valence electrons. The van der Waals surface area contributed by atoms with Crippen LogP contribution in [-0.4, -0.2) is 66.9 Å². The largest absolute Gasteiger partial charge is 0.466 e. The monoisotopic (exact) mass is 583 g/mol. The van der Waals surface area contributed by atoms with Crippen molar-refractivity contribution in [2.75, 3.05) is 26.4 Å². The molecular formula is C32H57NO8. The summed E-state index contributed by atoms with van der Waals surface area (Å²) in [6, 6.07) is -0.239. The van der Waals surface area contributed by atoms with E-state index in [0.29, 0.717) is 26.2 Å². The van der Waals surface area contributed by atoms with Crippen LogP contribution in [-0.2, 0) is 33.3 Å². The van der Waals surface area contributed by atoms with Crippen LogP contribution in [0, 0.1) is 5.92 Å². The Morgan fingerprint density at radius 2 is 1.12 bits per heavy atom. The summed E-state index contributed by atoms with van der Waals surface area (Å²) in [5.41, 5.74) is -0.603. The number of hydrogen-bond donors (Lipinski definition) is 0. The van der Waals surface area contributed by atoms with Gasteiger partial charge >= 0.3 is 24.0 Å². The molecule has 0 aromatic carbocycles. The molecule has 1 heterocycles. The molecule has 1 rings (SSSR count). The standard InChI is InChI=1S/C32H57NO8/c1-6-8-10-12-14-16-20-38-28(34)22-26(23-29(35)39-21-17-15-13-11-9-7-2)24-30(36)40-25-27-18-19-33(27)31(37)41-32(3,4)5/h26-27H,6-25H2,1-5H3. The van der Waals surface area contributed by atoms with Crippen LogP contribution in [0.4, 0.5) is 4.79 Å². The number of ether oxygens (including phenoxy) is 4. The number of rotatable bonds is 22. The minimum absolute atomic E-state index is 0.0511. The van der Waals surface area contributed by atoms with Gasteiger partial charge in [-0.1, -0.05) is 78.1 Å². The van der Waals surface area contributed by atoms with Crippen molar-refractivity contribution in [3.63, 3.8) is 0 Å². The van der Waals surface area contributed by atoms with Gasteiger partial charge in [0.15, 0.2) is 0 Å².